The second-order valence-electron chi connectivity index (χ2n) is 7.21. The Bertz CT molecular complexity index is 1390. The van der Waals surface area contributed by atoms with E-state index in [2.05, 4.69) is 5.32 Å². The SMILES string of the molecule is N#C/C(=C/c1c(OCc2ccc(Cl)cc2Cl)ccc2ccccc12)C(=O)Nc1ccccc1. The van der Waals surface area contributed by atoms with E-state index in [1.54, 1.807) is 36.4 Å². The van der Waals surface area contributed by atoms with E-state index in [1.165, 1.54) is 0 Å². The monoisotopic (exact) mass is 472 g/mol. The van der Waals surface area contributed by atoms with E-state index in [1.807, 2.05) is 60.7 Å². The largest absolute Gasteiger partial charge is 0.488 e. The van der Waals surface area contributed by atoms with Crippen LogP contribution in [-0.2, 0) is 11.4 Å². The third-order valence-electron chi connectivity index (χ3n) is 5.01. The van der Waals surface area contributed by atoms with Crippen LogP contribution in [-0.4, -0.2) is 5.91 Å². The summed E-state index contributed by atoms with van der Waals surface area (Å²) in [6, 6.07) is 27.7. The Morgan fingerprint density at radius 2 is 1.73 bits per heavy atom. The molecule has 4 nitrogen and oxygen atoms in total. The lowest BCUT2D eigenvalue weighted by Crippen LogP contribution is -2.13. The molecule has 0 aromatic heterocycles. The topological polar surface area (TPSA) is 62.1 Å². The van der Waals surface area contributed by atoms with Gasteiger partial charge in [0.2, 0.25) is 0 Å². The molecule has 0 aliphatic carbocycles. The second kappa shape index (κ2) is 10.2. The van der Waals surface area contributed by atoms with Crippen LogP contribution in [0.5, 0.6) is 5.75 Å². The van der Waals surface area contributed by atoms with Crippen molar-refractivity contribution in [3.05, 3.63) is 112 Å². The number of hydrogen-bond acceptors (Lipinski definition) is 3. The first-order valence-electron chi connectivity index (χ1n) is 10.1. The molecule has 0 fully saturated rings. The van der Waals surface area contributed by atoms with E-state index < -0.39 is 5.91 Å². The number of ether oxygens (including phenoxy) is 1. The number of nitriles is 1. The Hall–Kier alpha value is -3.78. The number of fused-ring (bicyclic) bond motifs is 1. The van der Waals surface area contributed by atoms with Gasteiger partial charge in [0.1, 0.15) is 24.0 Å². The molecule has 4 aromatic carbocycles. The molecule has 0 spiro atoms. The molecule has 0 radical (unpaired) electrons. The fourth-order valence-corrected chi connectivity index (χ4v) is 3.82. The number of carbonyl (C=O) groups excluding carboxylic acids is 1. The molecule has 4 aromatic rings. The van der Waals surface area contributed by atoms with Gasteiger partial charge in [-0.15, -0.1) is 0 Å². The van der Waals surface area contributed by atoms with Gasteiger partial charge in [0.05, 0.1) is 0 Å². The number of halogens is 2. The molecule has 0 heterocycles. The van der Waals surface area contributed by atoms with Gasteiger partial charge in [-0.2, -0.15) is 5.26 Å². The Morgan fingerprint density at radius 1 is 0.970 bits per heavy atom. The summed E-state index contributed by atoms with van der Waals surface area (Å²) in [4.78, 5) is 12.8. The van der Waals surface area contributed by atoms with Crippen molar-refractivity contribution in [2.24, 2.45) is 0 Å². The lowest BCUT2D eigenvalue weighted by Gasteiger charge is -2.14. The minimum absolute atomic E-state index is 0.0374. The van der Waals surface area contributed by atoms with Crippen LogP contribution < -0.4 is 10.1 Å². The highest BCUT2D eigenvalue weighted by molar-refractivity contribution is 6.35. The van der Waals surface area contributed by atoms with Crippen molar-refractivity contribution in [3.8, 4) is 11.8 Å². The number of nitrogens with zero attached hydrogens (tertiary/aromatic N) is 1. The van der Waals surface area contributed by atoms with E-state index in [4.69, 9.17) is 27.9 Å². The molecule has 1 amide bonds. The third kappa shape index (κ3) is 5.35. The number of para-hydroxylation sites is 1. The predicted molar refractivity (Wildman–Crippen MR) is 133 cm³/mol. The number of anilines is 1. The van der Waals surface area contributed by atoms with Gasteiger partial charge in [-0.3, -0.25) is 4.79 Å². The molecule has 1 N–H and O–H groups in total. The lowest BCUT2D eigenvalue weighted by atomic mass is 10.0. The molecule has 0 atom stereocenters. The Balaban J connectivity index is 1.71. The van der Waals surface area contributed by atoms with E-state index in [-0.39, 0.29) is 12.2 Å². The second-order valence-corrected chi connectivity index (χ2v) is 8.06. The summed E-state index contributed by atoms with van der Waals surface area (Å²) < 4.78 is 6.08. The van der Waals surface area contributed by atoms with E-state index in [0.29, 0.717) is 27.0 Å². The van der Waals surface area contributed by atoms with E-state index in [9.17, 15) is 10.1 Å². The summed E-state index contributed by atoms with van der Waals surface area (Å²) in [6.45, 7) is 0.202. The third-order valence-corrected chi connectivity index (χ3v) is 5.60. The van der Waals surface area contributed by atoms with Gasteiger partial charge in [0.25, 0.3) is 5.91 Å². The van der Waals surface area contributed by atoms with Crippen LogP contribution in [0.3, 0.4) is 0 Å². The van der Waals surface area contributed by atoms with Crippen molar-refractivity contribution < 1.29 is 9.53 Å². The van der Waals surface area contributed by atoms with Gasteiger partial charge in [0, 0.05) is 26.9 Å². The average molecular weight is 473 g/mol. The first kappa shape index (κ1) is 22.4. The van der Waals surface area contributed by atoms with Crippen molar-refractivity contribution in [2.45, 2.75) is 6.61 Å². The predicted octanol–water partition coefficient (Wildman–Crippen LogP) is 7.27. The fraction of sp³-hybridized carbons (Fsp3) is 0.0370. The fourth-order valence-electron chi connectivity index (χ4n) is 3.36. The maximum atomic E-state index is 12.8. The van der Waals surface area contributed by atoms with Crippen molar-refractivity contribution in [1.82, 2.24) is 0 Å². The Morgan fingerprint density at radius 3 is 2.48 bits per heavy atom. The zero-order chi connectivity index (χ0) is 23.2. The molecule has 0 saturated heterocycles. The molecule has 162 valence electrons. The number of hydrogen-bond donors (Lipinski definition) is 1. The molecular formula is C27H18Cl2N2O2. The zero-order valence-electron chi connectivity index (χ0n) is 17.4. The van der Waals surface area contributed by atoms with Gasteiger partial charge >= 0.3 is 0 Å². The quantitative estimate of drug-likeness (QED) is 0.237. The number of amides is 1. The minimum Gasteiger partial charge on any atom is -0.488 e. The van der Waals surface area contributed by atoms with Gasteiger partial charge in [0.15, 0.2) is 0 Å². The van der Waals surface area contributed by atoms with Crippen LogP contribution in [0.1, 0.15) is 11.1 Å². The van der Waals surface area contributed by atoms with Crippen molar-refractivity contribution in [1.29, 1.82) is 5.26 Å². The first-order chi connectivity index (χ1) is 16.0. The number of carbonyl (C=O) groups is 1. The maximum Gasteiger partial charge on any atom is 0.266 e. The lowest BCUT2D eigenvalue weighted by molar-refractivity contribution is -0.112. The average Bonchev–Trinajstić information content (AvgIpc) is 2.83. The normalized spacial score (nSPS) is 11.1. The van der Waals surface area contributed by atoms with Crippen molar-refractivity contribution >= 4 is 51.6 Å². The van der Waals surface area contributed by atoms with Gasteiger partial charge in [-0.05, 0) is 47.2 Å². The highest BCUT2D eigenvalue weighted by Gasteiger charge is 2.14. The highest BCUT2D eigenvalue weighted by atomic mass is 35.5. The molecule has 0 aliphatic heterocycles. The van der Waals surface area contributed by atoms with Gasteiger partial charge in [-0.1, -0.05) is 77.8 Å². The summed E-state index contributed by atoms with van der Waals surface area (Å²) in [5.74, 6) is 0.0308. The van der Waals surface area contributed by atoms with Crippen LogP contribution in [0, 0.1) is 11.3 Å². The number of nitrogens with one attached hydrogen (secondary N) is 1. The molecule has 0 bridgehead atoms. The first-order valence-corrected chi connectivity index (χ1v) is 10.9. The van der Waals surface area contributed by atoms with Crippen LogP contribution in [0.4, 0.5) is 5.69 Å². The molecule has 6 heteroatoms. The van der Waals surface area contributed by atoms with Crippen LogP contribution in [0.25, 0.3) is 16.8 Å². The summed E-state index contributed by atoms with van der Waals surface area (Å²) >= 11 is 12.3. The molecule has 0 unspecified atom stereocenters. The minimum atomic E-state index is -0.497. The Kier molecular flexibility index (Phi) is 6.95. The molecule has 0 aliphatic rings. The standard InChI is InChI=1S/C27H18Cl2N2O2/c28-21-12-10-19(25(29)15-21)17-33-26-13-11-18-6-4-5-9-23(18)24(26)14-20(16-30)27(32)31-22-7-2-1-3-8-22/h1-15H,17H2,(H,31,32)/b20-14-. The van der Waals surface area contributed by atoms with E-state index >= 15 is 0 Å². The molecular weight excluding hydrogens is 455 g/mol. The molecule has 0 saturated carbocycles. The zero-order valence-corrected chi connectivity index (χ0v) is 18.9. The number of benzene rings is 4. The van der Waals surface area contributed by atoms with E-state index in [0.717, 1.165) is 16.3 Å². The van der Waals surface area contributed by atoms with Gasteiger partial charge < -0.3 is 10.1 Å². The summed E-state index contributed by atoms with van der Waals surface area (Å²) in [5, 5.41) is 15.3. The summed E-state index contributed by atoms with van der Waals surface area (Å²) in [7, 11) is 0. The maximum absolute atomic E-state index is 12.8. The summed E-state index contributed by atoms with van der Waals surface area (Å²) in [5.41, 5.74) is 1.98. The smallest absolute Gasteiger partial charge is 0.266 e. The highest BCUT2D eigenvalue weighted by Crippen LogP contribution is 2.32. The van der Waals surface area contributed by atoms with Crippen LogP contribution in [0.2, 0.25) is 10.0 Å². The van der Waals surface area contributed by atoms with Crippen LogP contribution >= 0.6 is 23.2 Å². The van der Waals surface area contributed by atoms with Gasteiger partial charge in [-0.25, -0.2) is 0 Å². The number of rotatable bonds is 6. The van der Waals surface area contributed by atoms with Crippen LogP contribution in [0.15, 0.2) is 90.5 Å². The van der Waals surface area contributed by atoms with Crippen molar-refractivity contribution in [2.75, 3.05) is 5.32 Å². The summed E-state index contributed by atoms with van der Waals surface area (Å²) in [6.07, 6.45) is 1.55. The molecule has 4 rings (SSSR count). The van der Waals surface area contributed by atoms with Crippen molar-refractivity contribution in [3.63, 3.8) is 0 Å². The Labute approximate surface area is 201 Å². The molecule has 33 heavy (non-hydrogen) atoms.